The molecule has 0 spiro atoms. The maximum Gasteiger partial charge on any atom is 0.309 e. The Morgan fingerprint density at radius 1 is 1.18 bits per heavy atom. The molecule has 0 heterocycles. The number of aliphatic hydroxyl groups is 1. The molecular weight excluding hydrogens is 224 g/mol. The third-order valence-corrected chi connectivity index (χ3v) is 1.82. The molecule has 0 aliphatic carbocycles. The Morgan fingerprint density at radius 2 is 1.76 bits per heavy atom. The molecule has 0 saturated carbocycles. The summed E-state index contributed by atoms with van der Waals surface area (Å²) in [7, 11) is 0. The first-order valence-electron chi connectivity index (χ1n) is 5.79. The van der Waals surface area contributed by atoms with Crippen molar-refractivity contribution in [2.24, 2.45) is 0 Å². The Balaban J connectivity index is 3.54. The van der Waals surface area contributed by atoms with Gasteiger partial charge >= 0.3 is 11.8 Å². The van der Waals surface area contributed by atoms with Crippen LogP contribution < -0.4 is 10.6 Å². The fourth-order valence-corrected chi connectivity index (χ4v) is 0.994. The summed E-state index contributed by atoms with van der Waals surface area (Å²) in [6.45, 7) is 6.41. The van der Waals surface area contributed by atoms with Crippen molar-refractivity contribution >= 4 is 11.8 Å². The summed E-state index contributed by atoms with van der Waals surface area (Å²) in [5.74, 6) is -1.41. The minimum Gasteiger partial charge on any atom is -0.392 e. The summed E-state index contributed by atoms with van der Waals surface area (Å²) in [4.78, 5) is 22.4. The molecular formula is C11H22N2O4. The molecule has 100 valence electrons. The van der Waals surface area contributed by atoms with Crippen LogP contribution in [0, 0.1) is 0 Å². The summed E-state index contributed by atoms with van der Waals surface area (Å²) in [6, 6.07) is 0. The van der Waals surface area contributed by atoms with E-state index >= 15 is 0 Å². The van der Waals surface area contributed by atoms with Crippen molar-refractivity contribution in [1.82, 2.24) is 10.6 Å². The van der Waals surface area contributed by atoms with E-state index in [4.69, 9.17) is 9.84 Å². The van der Waals surface area contributed by atoms with Gasteiger partial charge < -0.3 is 20.5 Å². The monoisotopic (exact) mass is 246 g/mol. The number of nitrogens with one attached hydrogen (secondary N) is 2. The predicted octanol–water partition coefficient (Wildman–Crippen LogP) is -0.585. The van der Waals surface area contributed by atoms with Gasteiger partial charge in [0.15, 0.2) is 0 Å². The number of carbonyl (C=O) groups excluding carboxylic acids is 2. The van der Waals surface area contributed by atoms with E-state index in [0.717, 1.165) is 0 Å². The largest absolute Gasteiger partial charge is 0.392 e. The van der Waals surface area contributed by atoms with E-state index in [0.29, 0.717) is 19.6 Å². The molecule has 0 bridgehead atoms. The van der Waals surface area contributed by atoms with Gasteiger partial charge in [0.25, 0.3) is 0 Å². The van der Waals surface area contributed by atoms with Gasteiger partial charge in [0, 0.05) is 19.7 Å². The topological polar surface area (TPSA) is 87.7 Å². The number of ether oxygens (including phenoxy) is 1. The van der Waals surface area contributed by atoms with Gasteiger partial charge in [0.1, 0.15) is 0 Å². The molecule has 0 aromatic carbocycles. The Hall–Kier alpha value is -1.14. The molecule has 0 aromatic heterocycles. The van der Waals surface area contributed by atoms with Crippen LogP contribution in [0.1, 0.15) is 27.2 Å². The van der Waals surface area contributed by atoms with Crippen LogP contribution in [0.25, 0.3) is 0 Å². The van der Waals surface area contributed by atoms with E-state index in [9.17, 15) is 9.59 Å². The number of rotatable bonds is 7. The van der Waals surface area contributed by atoms with Crippen LogP contribution in [0.2, 0.25) is 0 Å². The summed E-state index contributed by atoms with van der Waals surface area (Å²) in [6.07, 6.45) is 0.166. The van der Waals surface area contributed by atoms with Crippen LogP contribution in [0.5, 0.6) is 0 Å². The molecule has 0 aliphatic heterocycles. The molecule has 0 radical (unpaired) electrons. The van der Waals surface area contributed by atoms with Crippen molar-refractivity contribution in [3.8, 4) is 0 Å². The van der Waals surface area contributed by atoms with Crippen LogP contribution >= 0.6 is 0 Å². The standard InChI is InChI=1S/C11H22N2O4/c1-8(2)17-6-4-5-12-10(15)11(16)13-7-9(3)14/h8-9,14H,4-7H2,1-3H3,(H,12,15)(H,13,16). The van der Waals surface area contributed by atoms with Crippen molar-refractivity contribution in [2.75, 3.05) is 19.7 Å². The van der Waals surface area contributed by atoms with Crippen molar-refractivity contribution in [3.05, 3.63) is 0 Å². The second-order valence-electron chi connectivity index (χ2n) is 4.09. The summed E-state index contributed by atoms with van der Waals surface area (Å²) in [5.41, 5.74) is 0. The number of aliphatic hydroxyl groups excluding tert-OH is 1. The molecule has 3 N–H and O–H groups in total. The van der Waals surface area contributed by atoms with E-state index in [1.54, 1.807) is 0 Å². The maximum absolute atomic E-state index is 11.2. The minimum absolute atomic E-state index is 0.0721. The second kappa shape index (κ2) is 8.95. The van der Waals surface area contributed by atoms with Crippen molar-refractivity contribution < 1.29 is 19.4 Å². The van der Waals surface area contributed by atoms with Gasteiger partial charge in [-0.25, -0.2) is 0 Å². The lowest BCUT2D eigenvalue weighted by atomic mass is 10.4. The fourth-order valence-electron chi connectivity index (χ4n) is 0.994. The predicted molar refractivity (Wildman–Crippen MR) is 63.4 cm³/mol. The van der Waals surface area contributed by atoms with Gasteiger partial charge in [0.05, 0.1) is 12.2 Å². The quantitative estimate of drug-likeness (QED) is 0.414. The van der Waals surface area contributed by atoms with Gasteiger partial charge in [-0.15, -0.1) is 0 Å². The number of hydrogen-bond acceptors (Lipinski definition) is 4. The lowest BCUT2D eigenvalue weighted by Crippen LogP contribution is -2.42. The Kier molecular flexibility index (Phi) is 8.35. The van der Waals surface area contributed by atoms with Crippen LogP contribution in [-0.2, 0) is 14.3 Å². The van der Waals surface area contributed by atoms with Gasteiger partial charge in [-0.3, -0.25) is 9.59 Å². The van der Waals surface area contributed by atoms with Gasteiger partial charge in [-0.05, 0) is 27.2 Å². The van der Waals surface area contributed by atoms with E-state index in [-0.39, 0.29) is 12.6 Å². The van der Waals surface area contributed by atoms with Crippen molar-refractivity contribution in [3.63, 3.8) is 0 Å². The Morgan fingerprint density at radius 3 is 2.29 bits per heavy atom. The lowest BCUT2D eigenvalue weighted by molar-refractivity contribution is -0.139. The number of hydrogen-bond donors (Lipinski definition) is 3. The highest BCUT2D eigenvalue weighted by atomic mass is 16.5. The smallest absolute Gasteiger partial charge is 0.309 e. The third-order valence-electron chi connectivity index (χ3n) is 1.82. The SMILES string of the molecule is CC(O)CNC(=O)C(=O)NCCCOC(C)C. The average molecular weight is 246 g/mol. The molecule has 6 heteroatoms. The molecule has 0 fully saturated rings. The zero-order chi connectivity index (χ0) is 13.3. The van der Waals surface area contributed by atoms with Crippen LogP contribution in [0.3, 0.4) is 0 Å². The van der Waals surface area contributed by atoms with Gasteiger partial charge in [-0.2, -0.15) is 0 Å². The highest BCUT2D eigenvalue weighted by Gasteiger charge is 2.12. The molecule has 0 rings (SSSR count). The van der Waals surface area contributed by atoms with Gasteiger partial charge in [-0.1, -0.05) is 0 Å². The highest BCUT2D eigenvalue weighted by Crippen LogP contribution is 1.89. The first kappa shape index (κ1) is 15.9. The first-order valence-corrected chi connectivity index (χ1v) is 5.79. The molecule has 6 nitrogen and oxygen atoms in total. The van der Waals surface area contributed by atoms with E-state index < -0.39 is 17.9 Å². The fraction of sp³-hybridized carbons (Fsp3) is 0.818. The summed E-state index contributed by atoms with van der Waals surface area (Å²) >= 11 is 0. The summed E-state index contributed by atoms with van der Waals surface area (Å²) in [5, 5.41) is 13.7. The molecule has 1 unspecified atom stereocenters. The Bertz CT molecular complexity index is 242. The molecule has 0 saturated heterocycles. The van der Waals surface area contributed by atoms with Crippen molar-refractivity contribution in [1.29, 1.82) is 0 Å². The molecule has 0 aromatic rings. The van der Waals surface area contributed by atoms with Crippen LogP contribution in [-0.4, -0.2) is 48.8 Å². The normalized spacial score (nSPS) is 12.3. The van der Waals surface area contributed by atoms with E-state index in [1.807, 2.05) is 13.8 Å². The number of amides is 2. The minimum atomic E-state index is -0.726. The van der Waals surface area contributed by atoms with E-state index in [1.165, 1.54) is 6.92 Å². The Labute approximate surface area is 102 Å². The van der Waals surface area contributed by atoms with Crippen LogP contribution in [0.15, 0.2) is 0 Å². The molecule has 17 heavy (non-hydrogen) atoms. The maximum atomic E-state index is 11.2. The number of carbonyl (C=O) groups is 2. The lowest BCUT2D eigenvalue weighted by Gasteiger charge is -2.09. The van der Waals surface area contributed by atoms with Gasteiger partial charge in [0.2, 0.25) is 0 Å². The third kappa shape index (κ3) is 9.77. The second-order valence-corrected chi connectivity index (χ2v) is 4.09. The van der Waals surface area contributed by atoms with Crippen LogP contribution in [0.4, 0.5) is 0 Å². The highest BCUT2D eigenvalue weighted by molar-refractivity contribution is 6.35. The molecule has 1 atom stereocenters. The molecule has 0 aliphatic rings. The first-order chi connectivity index (χ1) is 7.93. The zero-order valence-corrected chi connectivity index (χ0v) is 10.7. The average Bonchev–Trinajstić information content (AvgIpc) is 2.24. The van der Waals surface area contributed by atoms with E-state index in [2.05, 4.69) is 10.6 Å². The zero-order valence-electron chi connectivity index (χ0n) is 10.7. The summed E-state index contributed by atoms with van der Waals surface area (Å²) < 4.78 is 5.28. The van der Waals surface area contributed by atoms with Crippen molar-refractivity contribution in [2.45, 2.75) is 39.4 Å². The molecule has 2 amide bonds.